The first-order chi connectivity index (χ1) is 10.8. The highest BCUT2D eigenvalue weighted by Gasteiger charge is 2.09. The van der Waals surface area contributed by atoms with Gasteiger partial charge in [0.05, 0.1) is 6.26 Å². The van der Waals surface area contributed by atoms with E-state index in [1.165, 1.54) is 10.8 Å². The first-order valence-corrected chi connectivity index (χ1v) is 7.17. The number of aromatic hydroxyl groups is 1. The second-order valence-corrected chi connectivity index (χ2v) is 5.27. The lowest BCUT2D eigenvalue weighted by Crippen LogP contribution is -1.83. The van der Waals surface area contributed by atoms with E-state index >= 15 is 0 Å². The minimum atomic E-state index is 0.233. The van der Waals surface area contributed by atoms with Crippen LogP contribution in [0.2, 0.25) is 0 Å². The molecule has 0 spiro atoms. The summed E-state index contributed by atoms with van der Waals surface area (Å²) in [6.07, 6.45) is 1.64. The number of fused-ring (bicyclic) bond motifs is 1. The summed E-state index contributed by atoms with van der Waals surface area (Å²) in [5, 5.41) is 12.4. The van der Waals surface area contributed by atoms with Crippen LogP contribution in [0.4, 0.5) is 0 Å². The third kappa shape index (κ3) is 2.15. The first kappa shape index (κ1) is 12.7. The fourth-order valence-electron chi connectivity index (χ4n) is 2.83. The molecule has 0 radical (unpaired) electrons. The van der Waals surface area contributed by atoms with E-state index in [-0.39, 0.29) is 5.75 Å². The maximum atomic E-state index is 10.1. The van der Waals surface area contributed by atoms with Gasteiger partial charge < -0.3 is 9.52 Å². The van der Waals surface area contributed by atoms with Gasteiger partial charge in [-0.2, -0.15) is 0 Å². The molecule has 3 aromatic carbocycles. The number of hydrogen-bond acceptors (Lipinski definition) is 2. The van der Waals surface area contributed by atoms with Crippen LogP contribution in [0.15, 0.2) is 83.5 Å². The van der Waals surface area contributed by atoms with Crippen LogP contribution in [-0.4, -0.2) is 5.11 Å². The van der Waals surface area contributed by atoms with Crippen LogP contribution in [0.1, 0.15) is 0 Å². The normalized spacial score (nSPS) is 10.9. The number of rotatable bonds is 2. The van der Waals surface area contributed by atoms with Gasteiger partial charge in [-0.05, 0) is 52.2 Å². The van der Waals surface area contributed by atoms with Crippen LogP contribution in [-0.2, 0) is 0 Å². The van der Waals surface area contributed by atoms with Crippen LogP contribution in [0.5, 0.6) is 5.75 Å². The molecule has 0 aliphatic carbocycles. The van der Waals surface area contributed by atoms with E-state index in [1.807, 2.05) is 36.4 Å². The van der Waals surface area contributed by atoms with Gasteiger partial charge in [0.2, 0.25) is 0 Å². The summed E-state index contributed by atoms with van der Waals surface area (Å²) in [5.41, 5.74) is 2.94. The molecule has 0 saturated carbocycles. The zero-order valence-corrected chi connectivity index (χ0v) is 11.9. The van der Waals surface area contributed by atoms with Crippen molar-refractivity contribution < 1.29 is 9.52 Å². The second kappa shape index (κ2) is 5.08. The molecule has 1 N–H and O–H groups in total. The van der Waals surface area contributed by atoms with Crippen molar-refractivity contribution in [3.8, 4) is 28.2 Å². The molecule has 0 bridgehead atoms. The lowest BCUT2D eigenvalue weighted by Gasteiger charge is -2.09. The highest BCUT2D eigenvalue weighted by Crippen LogP contribution is 2.34. The van der Waals surface area contributed by atoms with Crippen molar-refractivity contribution >= 4 is 10.8 Å². The van der Waals surface area contributed by atoms with Crippen molar-refractivity contribution in [3.63, 3.8) is 0 Å². The van der Waals surface area contributed by atoms with Crippen LogP contribution < -0.4 is 0 Å². The Morgan fingerprint density at radius 1 is 0.727 bits per heavy atom. The van der Waals surface area contributed by atoms with Gasteiger partial charge in [0, 0.05) is 5.56 Å². The molecule has 22 heavy (non-hydrogen) atoms. The molecule has 0 atom stereocenters. The Labute approximate surface area is 128 Å². The summed E-state index contributed by atoms with van der Waals surface area (Å²) in [5.74, 6) is 0.981. The minimum absolute atomic E-state index is 0.233. The molecule has 1 heterocycles. The monoisotopic (exact) mass is 286 g/mol. The number of phenolic OH excluding ortho intramolecular Hbond substituents is 1. The van der Waals surface area contributed by atoms with Crippen molar-refractivity contribution in [2.75, 3.05) is 0 Å². The molecule has 0 saturated heterocycles. The van der Waals surface area contributed by atoms with Crippen LogP contribution in [0.3, 0.4) is 0 Å². The van der Waals surface area contributed by atoms with Gasteiger partial charge in [-0.1, -0.05) is 42.5 Å². The SMILES string of the molecule is Oc1cc(-c2ccco2)cc(-c2cccc3ccccc23)c1. The van der Waals surface area contributed by atoms with Crippen molar-refractivity contribution in [3.05, 3.63) is 79.1 Å². The molecule has 4 aromatic rings. The Kier molecular flexibility index (Phi) is 2.94. The Morgan fingerprint density at radius 2 is 1.55 bits per heavy atom. The van der Waals surface area contributed by atoms with Crippen molar-refractivity contribution in [2.24, 2.45) is 0 Å². The summed E-state index contributed by atoms with van der Waals surface area (Å²) >= 11 is 0. The van der Waals surface area contributed by atoms with E-state index in [2.05, 4.69) is 24.3 Å². The zero-order chi connectivity index (χ0) is 14.9. The maximum Gasteiger partial charge on any atom is 0.134 e. The Hall–Kier alpha value is -3.00. The topological polar surface area (TPSA) is 33.4 Å². The first-order valence-electron chi connectivity index (χ1n) is 7.17. The lowest BCUT2D eigenvalue weighted by atomic mass is 9.96. The van der Waals surface area contributed by atoms with Gasteiger partial charge >= 0.3 is 0 Å². The summed E-state index contributed by atoms with van der Waals surface area (Å²) in [7, 11) is 0. The fraction of sp³-hybridized carbons (Fsp3) is 0. The molecular formula is C20H14O2. The van der Waals surface area contributed by atoms with E-state index in [0.29, 0.717) is 0 Å². The zero-order valence-electron chi connectivity index (χ0n) is 11.9. The Bertz CT molecular complexity index is 932. The second-order valence-electron chi connectivity index (χ2n) is 5.27. The third-order valence-electron chi connectivity index (χ3n) is 3.82. The third-order valence-corrected chi connectivity index (χ3v) is 3.82. The van der Waals surface area contributed by atoms with Gasteiger partial charge in [0.15, 0.2) is 0 Å². The summed E-state index contributed by atoms with van der Waals surface area (Å²) in [4.78, 5) is 0. The summed E-state index contributed by atoms with van der Waals surface area (Å²) < 4.78 is 5.44. The van der Waals surface area contributed by atoms with Crippen LogP contribution in [0, 0.1) is 0 Å². The molecule has 106 valence electrons. The fourth-order valence-corrected chi connectivity index (χ4v) is 2.83. The highest BCUT2D eigenvalue weighted by molar-refractivity contribution is 5.97. The quantitative estimate of drug-likeness (QED) is 0.530. The van der Waals surface area contributed by atoms with Crippen LogP contribution >= 0.6 is 0 Å². The summed E-state index contributed by atoms with van der Waals surface area (Å²) in [6.45, 7) is 0. The largest absolute Gasteiger partial charge is 0.508 e. The number of phenols is 1. The van der Waals surface area contributed by atoms with Crippen LogP contribution in [0.25, 0.3) is 33.2 Å². The molecule has 0 fully saturated rings. The number of hydrogen-bond donors (Lipinski definition) is 1. The van der Waals surface area contributed by atoms with Crippen molar-refractivity contribution in [1.82, 2.24) is 0 Å². The molecule has 2 nitrogen and oxygen atoms in total. The number of furan rings is 1. The van der Waals surface area contributed by atoms with E-state index in [4.69, 9.17) is 4.42 Å². The molecule has 0 aliphatic rings. The van der Waals surface area contributed by atoms with Gasteiger partial charge in [0.25, 0.3) is 0 Å². The van der Waals surface area contributed by atoms with E-state index in [9.17, 15) is 5.11 Å². The molecule has 4 rings (SSSR count). The average Bonchev–Trinajstić information content (AvgIpc) is 3.08. The predicted octanol–water partition coefficient (Wildman–Crippen LogP) is 5.47. The Morgan fingerprint density at radius 3 is 2.41 bits per heavy atom. The van der Waals surface area contributed by atoms with E-state index < -0.39 is 0 Å². The standard InChI is InChI=1S/C20H14O2/c21-17-12-15(11-16(13-17)20-9-4-10-22-20)19-8-3-6-14-5-1-2-7-18(14)19/h1-13,21H. The maximum absolute atomic E-state index is 10.1. The summed E-state index contributed by atoms with van der Waals surface area (Å²) in [6, 6.07) is 23.7. The Balaban J connectivity index is 1.95. The predicted molar refractivity (Wildman–Crippen MR) is 88.8 cm³/mol. The van der Waals surface area contributed by atoms with E-state index in [0.717, 1.165) is 22.5 Å². The molecular weight excluding hydrogens is 272 g/mol. The number of benzene rings is 3. The molecule has 1 aromatic heterocycles. The average molecular weight is 286 g/mol. The van der Waals surface area contributed by atoms with E-state index in [1.54, 1.807) is 18.4 Å². The molecule has 2 heteroatoms. The molecule has 0 amide bonds. The lowest BCUT2D eigenvalue weighted by molar-refractivity contribution is 0.475. The molecule has 0 unspecified atom stereocenters. The van der Waals surface area contributed by atoms with Gasteiger partial charge in [-0.3, -0.25) is 0 Å². The van der Waals surface area contributed by atoms with Gasteiger partial charge in [-0.25, -0.2) is 0 Å². The van der Waals surface area contributed by atoms with Crippen molar-refractivity contribution in [2.45, 2.75) is 0 Å². The highest BCUT2D eigenvalue weighted by atomic mass is 16.3. The smallest absolute Gasteiger partial charge is 0.134 e. The van der Waals surface area contributed by atoms with Gasteiger partial charge in [-0.15, -0.1) is 0 Å². The van der Waals surface area contributed by atoms with Gasteiger partial charge in [0.1, 0.15) is 11.5 Å². The van der Waals surface area contributed by atoms with Crippen molar-refractivity contribution in [1.29, 1.82) is 0 Å². The minimum Gasteiger partial charge on any atom is -0.508 e. The molecule has 0 aliphatic heterocycles.